The molecule has 1 atom stereocenters. The van der Waals surface area contributed by atoms with Gasteiger partial charge in [-0.15, -0.1) is 22.7 Å². The average Bonchev–Trinajstić information content (AvgIpc) is 2.88. The van der Waals surface area contributed by atoms with Crippen LogP contribution in [0.25, 0.3) is 0 Å². The summed E-state index contributed by atoms with van der Waals surface area (Å²) in [5.41, 5.74) is 1.41. The van der Waals surface area contributed by atoms with Gasteiger partial charge in [0.15, 0.2) is 0 Å². The second-order valence-corrected chi connectivity index (χ2v) is 5.84. The quantitative estimate of drug-likeness (QED) is 0.846. The van der Waals surface area contributed by atoms with Crippen LogP contribution in [-0.2, 0) is 6.42 Å². The Labute approximate surface area is 105 Å². The van der Waals surface area contributed by atoms with Crippen molar-refractivity contribution >= 4 is 22.7 Å². The van der Waals surface area contributed by atoms with E-state index in [1.54, 1.807) is 0 Å². The SMILES string of the molecule is CCNC(Cc1cccs1)c1sccc1C. The minimum Gasteiger partial charge on any atom is -0.309 e. The minimum atomic E-state index is 0.476. The van der Waals surface area contributed by atoms with Gasteiger partial charge in [0, 0.05) is 22.2 Å². The lowest BCUT2D eigenvalue weighted by molar-refractivity contribution is 0.559. The molecule has 0 saturated carbocycles. The molecule has 2 rings (SSSR count). The molecule has 86 valence electrons. The molecular formula is C13H17NS2. The zero-order valence-corrected chi connectivity index (χ0v) is 11.3. The number of aryl methyl sites for hydroxylation is 1. The molecule has 1 unspecified atom stereocenters. The minimum absolute atomic E-state index is 0.476. The fourth-order valence-electron chi connectivity index (χ4n) is 1.88. The molecule has 0 bridgehead atoms. The standard InChI is InChI=1S/C13H17NS2/c1-3-14-12(9-11-5-4-7-15-11)13-10(2)6-8-16-13/h4-8,12,14H,3,9H2,1-2H3. The van der Waals surface area contributed by atoms with E-state index in [0.29, 0.717) is 6.04 Å². The van der Waals surface area contributed by atoms with Crippen molar-refractivity contribution in [2.75, 3.05) is 6.54 Å². The number of rotatable bonds is 5. The van der Waals surface area contributed by atoms with Crippen molar-refractivity contribution in [1.82, 2.24) is 5.32 Å². The van der Waals surface area contributed by atoms with E-state index in [-0.39, 0.29) is 0 Å². The maximum atomic E-state index is 3.58. The van der Waals surface area contributed by atoms with Crippen LogP contribution in [-0.4, -0.2) is 6.54 Å². The molecule has 1 nitrogen and oxygen atoms in total. The normalized spacial score (nSPS) is 12.9. The molecule has 2 aromatic rings. The maximum Gasteiger partial charge on any atom is 0.0466 e. The smallest absolute Gasteiger partial charge is 0.0466 e. The summed E-state index contributed by atoms with van der Waals surface area (Å²) in [7, 11) is 0. The van der Waals surface area contributed by atoms with Crippen molar-refractivity contribution in [3.8, 4) is 0 Å². The fourth-order valence-corrected chi connectivity index (χ4v) is 3.63. The Bertz CT molecular complexity index is 417. The van der Waals surface area contributed by atoms with Gasteiger partial charge in [0.2, 0.25) is 0 Å². The molecule has 0 aliphatic carbocycles. The van der Waals surface area contributed by atoms with Crippen molar-refractivity contribution in [3.05, 3.63) is 44.3 Å². The van der Waals surface area contributed by atoms with Crippen LogP contribution in [0.3, 0.4) is 0 Å². The van der Waals surface area contributed by atoms with Gasteiger partial charge >= 0.3 is 0 Å². The molecule has 0 aliphatic heterocycles. The van der Waals surface area contributed by atoms with Gasteiger partial charge < -0.3 is 5.32 Å². The van der Waals surface area contributed by atoms with Crippen molar-refractivity contribution < 1.29 is 0 Å². The van der Waals surface area contributed by atoms with Gasteiger partial charge in [0.25, 0.3) is 0 Å². The van der Waals surface area contributed by atoms with E-state index < -0.39 is 0 Å². The van der Waals surface area contributed by atoms with Crippen molar-refractivity contribution in [2.45, 2.75) is 26.3 Å². The topological polar surface area (TPSA) is 12.0 Å². The summed E-state index contributed by atoms with van der Waals surface area (Å²) in [6.45, 7) is 5.39. The summed E-state index contributed by atoms with van der Waals surface area (Å²) in [6, 6.07) is 7.03. The van der Waals surface area contributed by atoms with Gasteiger partial charge in [-0.05, 0) is 41.9 Å². The van der Waals surface area contributed by atoms with Crippen LogP contribution in [0.2, 0.25) is 0 Å². The largest absolute Gasteiger partial charge is 0.309 e. The Kier molecular flexibility index (Phi) is 4.16. The lowest BCUT2D eigenvalue weighted by Crippen LogP contribution is -2.22. The Morgan fingerprint density at radius 2 is 2.12 bits per heavy atom. The van der Waals surface area contributed by atoms with Crippen LogP contribution in [0.1, 0.15) is 28.3 Å². The molecule has 0 radical (unpaired) electrons. The van der Waals surface area contributed by atoms with E-state index in [1.165, 1.54) is 15.3 Å². The van der Waals surface area contributed by atoms with Gasteiger partial charge in [0.1, 0.15) is 0 Å². The highest BCUT2D eigenvalue weighted by molar-refractivity contribution is 7.10. The molecule has 2 aromatic heterocycles. The van der Waals surface area contributed by atoms with Crippen LogP contribution in [0.4, 0.5) is 0 Å². The number of likely N-dealkylation sites (N-methyl/N-ethyl adjacent to an activating group) is 1. The molecule has 3 heteroatoms. The van der Waals surface area contributed by atoms with Crippen LogP contribution in [0, 0.1) is 6.92 Å². The van der Waals surface area contributed by atoms with E-state index in [2.05, 4.69) is 48.1 Å². The highest BCUT2D eigenvalue weighted by Crippen LogP contribution is 2.27. The Hall–Kier alpha value is -0.640. The third kappa shape index (κ3) is 2.73. The summed E-state index contributed by atoms with van der Waals surface area (Å²) in [5, 5.41) is 7.92. The third-order valence-electron chi connectivity index (χ3n) is 2.65. The van der Waals surface area contributed by atoms with E-state index in [1.807, 2.05) is 22.7 Å². The van der Waals surface area contributed by atoms with Crippen LogP contribution in [0.15, 0.2) is 29.0 Å². The van der Waals surface area contributed by atoms with Gasteiger partial charge in [-0.25, -0.2) is 0 Å². The van der Waals surface area contributed by atoms with E-state index in [9.17, 15) is 0 Å². The number of thiophene rings is 2. The summed E-state index contributed by atoms with van der Waals surface area (Å²) in [6.07, 6.45) is 1.10. The molecule has 0 aromatic carbocycles. The highest BCUT2D eigenvalue weighted by atomic mass is 32.1. The maximum absolute atomic E-state index is 3.58. The summed E-state index contributed by atoms with van der Waals surface area (Å²) in [4.78, 5) is 2.94. The second-order valence-electron chi connectivity index (χ2n) is 3.86. The lowest BCUT2D eigenvalue weighted by atomic mass is 10.1. The highest BCUT2D eigenvalue weighted by Gasteiger charge is 2.14. The monoisotopic (exact) mass is 251 g/mol. The van der Waals surface area contributed by atoms with Crippen molar-refractivity contribution in [1.29, 1.82) is 0 Å². The summed E-state index contributed by atoms with van der Waals surface area (Å²) in [5.74, 6) is 0. The molecule has 1 N–H and O–H groups in total. The number of nitrogens with one attached hydrogen (secondary N) is 1. The van der Waals surface area contributed by atoms with Gasteiger partial charge in [0.05, 0.1) is 0 Å². The van der Waals surface area contributed by atoms with E-state index >= 15 is 0 Å². The Morgan fingerprint density at radius 3 is 2.69 bits per heavy atom. The first kappa shape index (κ1) is 11.8. The van der Waals surface area contributed by atoms with Gasteiger partial charge in [-0.1, -0.05) is 13.0 Å². The number of hydrogen-bond acceptors (Lipinski definition) is 3. The van der Waals surface area contributed by atoms with Crippen LogP contribution >= 0.6 is 22.7 Å². The first-order valence-electron chi connectivity index (χ1n) is 5.61. The lowest BCUT2D eigenvalue weighted by Gasteiger charge is -2.16. The third-order valence-corrected chi connectivity index (χ3v) is 4.69. The average molecular weight is 251 g/mol. The number of hydrogen-bond donors (Lipinski definition) is 1. The van der Waals surface area contributed by atoms with Gasteiger partial charge in [-0.2, -0.15) is 0 Å². The van der Waals surface area contributed by atoms with E-state index in [4.69, 9.17) is 0 Å². The Morgan fingerprint density at radius 1 is 1.25 bits per heavy atom. The molecular weight excluding hydrogens is 234 g/mol. The zero-order chi connectivity index (χ0) is 11.4. The predicted octanol–water partition coefficient (Wildman–Crippen LogP) is 4.01. The van der Waals surface area contributed by atoms with Crippen molar-refractivity contribution in [2.24, 2.45) is 0 Å². The fraction of sp³-hybridized carbons (Fsp3) is 0.385. The molecule has 0 saturated heterocycles. The summed E-state index contributed by atoms with van der Waals surface area (Å²) < 4.78 is 0. The molecule has 0 aliphatic rings. The first-order valence-corrected chi connectivity index (χ1v) is 7.37. The first-order chi connectivity index (χ1) is 7.81. The predicted molar refractivity (Wildman–Crippen MR) is 73.5 cm³/mol. The second kappa shape index (κ2) is 5.62. The molecule has 2 heterocycles. The molecule has 0 amide bonds. The van der Waals surface area contributed by atoms with E-state index in [0.717, 1.165) is 13.0 Å². The van der Waals surface area contributed by atoms with Crippen LogP contribution < -0.4 is 5.32 Å². The summed E-state index contributed by atoms with van der Waals surface area (Å²) >= 11 is 3.71. The van der Waals surface area contributed by atoms with Crippen molar-refractivity contribution in [3.63, 3.8) is 0 Å². The molecule has 0 fully saturated rings. The molecule has 0 spiro atoms. The Balaban J connectivity index is 2.14. The molecule has 16 heavy (non-hydrogen) atoms. The van der Waals surface area contributed by atoms with Crippen LogP contribution in [0.5, 0.6) is 0 Å². The zero-order valence-electron chi connectivity index (χ0n) is 9.69. The van der Waals surface area contributed by atoms with Gasteiger partial charge in [-0.3, -0.25) is 0 Å².